The first-order valence-electron chi connectivity index (χ1n) is 7.67. The van der Waals surface area contributed by atoms with Crippen molar-refractivity contribution in [3.8, 4) is 11.5 Å². The minimum Gasteiger partial charge on any atom is -0.490 e. The second-order valence-electron chi connectivity index (χ2n) is 5.03. The molecule has 0 fully saturated rings. The molecule has 0 spiro atoms. The lowest BCUT2D eigenvalue weighted by Crippen LogP contribution is -2.26. The quantitative estimate of drug-likeness (QED) is 0.838. The highest BCUT2D eigenvalue weighted by molar-refractivity contribution is 7.11. The summed E-state index contributed by atoms with van der Waals surface area (Å²) in [5, 5.41) is 3.00. The number of nitrogens with one attached hydrogen (secondary N) is 1. The number of hydrogen-bond acceptors (Lipinski definition) is 5. The molecule has 1 N–H and O–H groups in total. The molecular weight excluding hydrogens is 312 g/mol. The molecule has 23 heavy (non-hydrogen) atoms. The van der Waals surface area contributed by atoms with Crippen molar-refractivity contribution < 1.29 is 14.3 Å². The largest absolute Gasteiger partial charge is 0.490 e. The number of carbonyl (C=O) groups is 1. The van der Waals surface area contributed by atoms with Gasteiger partial charge in [-0.25, -0.2) is 4.98 Å². The number of thiazole rings is 1. The monoisotopic (exact) mass is 334 g/mol. The van der Waals surface area contributed by atoms with Crippen LogP contribution in [0.3, 0.4) is 0 Å². The molecule has 1 aromatic heterocycles. The van der Waals surface area contributed by atoms with Gasteiger partial charge in [0, 0.05) is 0 Å². The van der Waals surface area contributed by atoms with Crippen LogP contribution in [0.4, 0.5) is 0 Å². The summed E-state index contributed by atoms with van der Waals surface area (Å²) in [6, 6.07) is 5.60. The van der Waals surface area contributed by atoms with Crippen molar-refractivity contribution in [2.75, 3.05) is 13.2 Å². The van der Waals surface area contributed by atoms with Crippen molar-refractivity contribution in [1.29, 1.82) is 0 Å². The van der Waals surface area contributed by atoms with Crippen molar-refractivity contribution in [2.45, 2.75) is 33.7 Å². The SMILES string of the molecule is CCOc1ccc([C@H](C)NC(=O)c2scnc2C)cc1OCC. The van der Waals surface area contributed by atoms with E-state index < -0.39 is 0 Å². The van der Waals surface area contributed by atoms with Gasteiger partial charge >= 0.3 is 0 Å². The number of aromatic nitrogens is 1. The number of rotatable bonds is 7. The van der Waals surface area contributed by atoms with Crippen LogP contribution in [0.2, 0.25) is 0 Å². The van der Waals surface area contributed by atoms with Gasteiger partial charge in [0.25, 0.3) is 5.91 Å². The Morgan fingerprint density at radius 3 is 2.57 bits per heavy atom. The van der Waals surface area contributed by atoms with E-state index in [1.54, 1.807) is 5.51 Å². The zero-order valence-corrected chi connectivity index (χ0v) is 14.7. The fourth-order valence-corrected chi connectivity index (χ4v) is 2.91. The van der Waals surface area contributed by atoms with Gasteiger partial charge < -0.3 is 14.8 Å². The summed E-state index contributed by atoms with van der Waals surface area (Å²) in [5.74, 6) is 1.31. The lowest BCUT2D eigenvalue weighted by Gasteiger charge is -2.17. The van der Waals surface area contributed by atoms with Crippen LogP contribution in [0.15, 0.2) is 23.7 Å². The van der Waals surface area contributed by atoms with Crippen molar-refractivity contribution in [3.63, 3.8) is 0 Å². The summed E-state index contributed by atoms with van der Waals surface area (Å²) < 4.78 is 11.2. The highest BCUT2D eigenvalue weighted by Crippen LogP contribution is 2.31. The molecule has 6 heteroatoms. The zero-order valence-electron chi connectivity index (χ0n) is 13.9. The fraction of sp³-hybridized carbons (Fsp3) is 0.412. The van der Waals surface area contributed by atoms with Crippen LogP contribution >= 0.6 is 11.3 Å². The Kier molecular flexibility index (Phi) is 5.98. The Bertz CT molecular complexity index is 670. The van der Waals surface area contributed by atoms with Gasteiger partial charge in [0.1, 0.15) is 4.88 Å². The van der Waals surface area contributed by atoms with Crippen molar-refractivity contribution in [2.24, 2.45) is 0 Å². The Hall–Kier alpha value is -2.08. The molecule has 0 aliphatic rings. The predicted octanol–water partition coefficient (Wildman–Crippen LogP) is 3.74. The molecule has 0 radical (unpaired) electrons. The summed E-state index contributed by atoms with van der Waals surface area (Å²) in [6.07, 6.45) is 0. The fourth-order valence-electron chi connectivity index (χ4n) is 2.20. The molecule has 2 aromatic rings. The van der Waals surface area contributed by atoms with Crippen molar-refractivity contribution in [1.82, 2.24) is 10.3 Å². The number of carbonyl (C=O) groups excluding carboxylic acids is 1. The van der Waals surface area contributed by atoms with E-state index in [9.17, 15) is 4.79 Å². The third-order valence-corrected chi connectivity index (χ3v) is 4.29. The number of amides is 1. The molecule has 1 amide bonds. The molecular formula is C17H22N2O3S. The summed E-state index contributed by atoms with van der Waals surface area (Å²) in [4.78, 5) is 17.0. The van der Waals surface area contributed by atoms with E-state index in [-0.39, 0.29) is 11.9 Å². The normalized spacial score (nSPS) is 11.8. The third kappa shape index (κ3) is 4.22. The molecule has 1 atom stereocenters. The Morgan fingerprint density at radius 1 is 1.26 bits per heavy atom. The third-order valence-electron chi connectivity index (χ3n) is 3.37. The minimum absolute atomic E-state index is 0.107. The van der Waals surface area contributed by atoms with Gasteiger partial charge in [0.05, 0.1) is 30.5 Å². The number of aryl methyl sites for hydroxylation is 1. The number of hydrogen-bond donors (Lipinski definition) is 1. The number of ether oxygens (including phenoxy) is 2. The number of benzene rings is 1. The van der Waals surface area contributed by atoms with Crippen LogP contribution in [-0.4, -0.2) is 24.1 Å². The second kappa shape index (κ2) is 7.97. The predicted molar refractivity (Wildman–Crippen MR) is 91.5 cm³/mol. The van der Waals surface area contributed by atoms with Gasteiger partial charge in [-0.2, -0.15) is 0 Å². The first-order valence-corrected chi connectivity index (χ1v) is 8.55. The summed E-state index contributed by atoms with van der Waals surface area (Å²) in [6.45, 7) is 8.78. The van der Waals surface area contributed by atoms with E-state index in [4.69, 9.17) is 9.47 Å². The molecule has 0 unspecified atom stereocenters. The van der Waals surface area contributed by atoms with E-state index >= 15 is 0 Å². The summed E-state index contributed by atoms with van der Waals surface area (Å²) in [5.41, 5.74) is 3.40. The lowest BCUT2D eigenvalue weighted by molar-refractivity contribution is 0.0943. The topological polar surface area (TPSA) is 60.5 Å². The molecule has 1 heterocycles. The average molecular weight is 334 g/mol. The van der Waals surface area contributed by atoms with Crippen LogP contribution in [0.1, 0.15) is 47.7 Å². The van der Waals surface area contributed by atoms with Gasteiger partial charge in [-0.15, -0.1) is 11.3 Å². The van der Waals surface area contributed by atoms with Gasteiger partial charge in [0.2, 0.25) is 0 Å². The molecule has 0 aliphatic carbocycles. The maximum Gasteiger partial charge on any atom is 0.263 e. The minimum atomic E-state index is -0.140. The van der Waals surface area contributed by atoms with E-state index in [1.807, 2.05) is 45.9 Å². The number of nitrogens with zero attached hydrogens (tertiary/aromatic N) is 1. The van der Waals surface area contributed by atoms with Crippen LogP contribution in [0.25, 0.3) is 0 Å². The van der Waals surface area contributed by atoms with Crippen LogP contribution < -0.4 is 14.8 Å². The highest BCUT2D eigenvalue weighted by Gasteiger charge is 2.17. The molecule has 5 nitrogen and oxygen atoms in total. The smallest absolute Gasteiger partial charge is 0.263 e. The zero-order chi connectivity index (χ0) is 16.8. The lowest BCUT2D eigenvalue weighted by atomic mass is 10.1. The molecule has 0 aliphatic heterocycles. The van der Waals surface area contributed by atoms with Crippen LogP contribution in [-0.2, 0) is 0 Å². The summed E-state index contributed by atoms with van der Waals surface area (Å²) >= 11 is 1.35. The Labute approximate surface area is 140 Å². The van der Waals surface area contributed by atoms with Gasteiger partial charge in [-0.05, 0) is 45.4 Å². The van der Waals surface area contributed by atoms with Crippen LogP contribution in [0.5, 0.6) is 11.5 Å². The molecule has 0 saturated carbocycles. The second-order valence-corrected chi connectivity index (χ2v) is 5.89. The van der Waals surface area contributed by atoms with Gasteiger partial charge in [0.15, 0.2) is 11.5 Å². The van der Waals surface area contributed by atoms with Gasteiger partial charge in [-0.3, -0.25) is 4.79 Å². The molecule has 0 bridgehead atoms. The Balaban J connectivity index is 2.15. The van der Waals surface area contributed by atoms with Gasteiger partial charge in [-0.1, -0.05) is 6.07 Å². The van der Waals surface area contributed by atoms with E-state index in [0.29, 0.717) is 23.8 Å². The van der Waals surface area contributed by atoms with Crippen LogP contribution in [0, 0.1) is 6.92 Å². The first-order chi connectivity index (χ1) is 11.1. The molecule has 1 aromatic carbocycles. The Morgan fingerprint density at radius 2 is 1.96 bits per heavy atom. The molecule has 124 valence electrons. The van der Waals surface area contributed by atoms with E-state index in [0.717, 1.165) is 17.0 Å². The summed E-state index contributed by atoms with van der Waals surface area (Å²) in [7, 11) is 0. The molecule has 2 rings (SSSR count). The van der Waals surface area contributed by atoms with Crippen molar-refractivity contribution in [3.05, 3.63) is 39.8 Å². The maximum absolute atomic E-state index is 12.3. The molecule has 0 saturated heterocycles. The average Bonchev–Trinajstić information content (AvgIpc) is 2.95. The first kappa shape index (κ1) is 17.3. The maximum atomic E-state index is 12.3. The highest BCUT2D eigenvalue weighted by atomic mass is 32.1. The van der Waals surface area contributed by atoms with Crippen molar-refractivity contribution >= 4 is 17.2 Å². The standard InChI is InChI=1S/C17H22N2O3S/c1-5-21-14-8-7-13(9-15(14)22-6-2)11(3)19-17(20)16-12(4)18-10-23-16/h7-11H,5-6H2,1-4H3,(H,19,20)/t11-/m0/s1. The van der Waals surface area contributed by atoms with E-state index in [1.165, 1.54) is 11.3 Å². The van der Waals surface area contributed by atoms with E-state index in [2.05, 4.69) is 10.3 Å².